The van der Waals surface area contributed by atoms with Crippen molar-refractivity contribution in [3.05, 3.63) is 77.3 Å². The molecular formula is C29H28F3N5O8S. The van der Waals surface area contributed by atoms with Crippen LogP contribution in [0.4, 0.5) is 18.9 Å². The molecule has 1 aromatic carbocycles. The summed E-state index contributed by atoms with van der Waals surface area (Å²) in [6, 6.07) is 10.0. The number of hydrogen-bond acceptors (Lipinski definition) is 9. The molecule has 0 radical (unpaired) electrons. The number of thioether (sulfide) groups is 1. The summed E-state index contributed by atoms with van der Waals surface area (Å²) in [5.41, 5.74) is 8.02. The van der Waals surface area contributed by atoms with E-state index in [-0.39, 0.29) is 24.1 Å². The summed E-state index contributed by atoms with van der Waals surface area (Å²) in [5.74, 6) is -4.00. The van der Waals surface area contributed by atoms with Crippen LogP contribution in [0.15, 0.2) is 71.7 Å². The van der Waals surface area contributed by atoms with Gasteiger partial charge in [0.2, 0.25) is 18.4 Å². The summed E-state index contributed by atoms with van der Waals surface area (Å²) < 4.78 is 38.6. The van der Waals surface area contributed by atoms with E-state index in [4.69, 9.17) is 20.4 Å². The first kappa shape index (κ1) is 34.0. The number of methoxy groups -OCH3 is 1. The molecule has 0 bridgehead atoms. The number of carbonyl (C=O) groups is 5. The van der Waals surface area contributed by atoms with Gasteiger partial charge in [0.05, 0.1) is 18.8 Å². The van der Waals surface area contributed by atoms with Gasteiger partial charge >= 0.3 is 12.1 Å². The molecule has 2 aromatic rings. The second-order valence-corrected chi connectivity index (χ2v) is 11.3. The number of benzene rings is 1. The molecule has 13 nitrogen and oxygen atoms in total. The molecular weight excluding hydrogens is 635 g/mol. The van der Waals surface area contributed by atoms with E-state index in [0.717, 1.165) is 10.5 Å². The fraction of sp³-hybridized carbons (Fsp3) is 0.310. The van der Waals surface area contributed by atoms with Gasteiger partial charge in [0.1, 0.15) is 17.2 Å². The largest absolute Gasteiger partial charge is 0.543 e. The van der Waals surface area contributed by atoms with E-state index in [1.807, 2.05) is 12.1 Å². The minimum atomic E-state index is -5.08. The van der Waals surface area contributed by atoms with Crippen LogP contribution in [0.25, 0.3) is 0 Å². The maximum absolute atomic E-state index is 13.1. The van der Waals surface area contributed by atoms with Gasteiger partial charge in [-0.25, -0.2) is 4.79 Å². The second-order valence-electron chi connectivity index (χ2n) is 10.2. The number of ether oxygens (including phenoxy) is 1. The number of allylic oxidation sites excluding steroid dienone is 1. The average Bonchev–Trinajstić information content (AvgIpc) is 3.35. The topological polar surface area (TPSA) is 186 Å². The van der Waals surface area contributed by atoms with Crippen LogP contribution in [0, 0.1) is 0 Å². The molecule has 1 aromatic heterocycles. The molecule has 0 saturated carbocycles. The smallest absolute Gasteiger partial charge is 0.490 e. The third-order valence-corrected chi connectivity index (χ3v) is 8.39. The van der Waals surface area contributed by atoms with E-state index in [2.05, 4.69) is 5.32 Å². The summed E-state index contributed by atoms with van der Waals surface area (Å²) in [4.78, 5) is 61.1. The fourth-order valence-electron chi connectivity index (χ4n) is 4.76. The van der Waals surface area contributed by atoms with Crippen LogP contribution in [0.1, 0.15) is 12.0 Å². The molecule has 0 aliphatic carbocycles. The number of β-lactam (4-membered cyclic amide) rings is 1. The number of aromatic nitrogens is 1. The molecule has 46 heavy (non-hydrogen) atoms. The zero-order valence-corrected chi connectivity index (χ0v) is 25.0. The molecule has 3 aliphatic rings. The molecule has 2 saturated heterocycles. The summed E-state index contributed by atoms with van der Waals surface area (Å²) in [6.45, 7) is 0.986. The van der Waals surface area contributed by atoms with Crippen molar-refractivity contribution in [2.75, 3.05) is 24.7 Å². The first-order valence-electron chi connectivity index (χ1n) is 13.6. The molecule has 4 N–H and O–H groups in total. The van der Waals surface area contributed by atoms with Gasteiger partial charge < -0.3 is 35.7 Å². The number of rotatable bonds is 8. The molecule has 17 heteroatoms. The number of aliphatic carboxylic acids is 2. The number of likely N-dealkylation sites (tertiary alicyclic amines) is 1. The number of nitrogens with one attached hydrogen (secondary N) is 1. The van der Waals surface area contributed by atoms with E-state index < -0.39 is 35.4 Å². The minimum Gasteiger partial charge on any atom is -0.543 e. The van der Waals surface area contributed by atoms with Gasteiger partial charge in [0.25, 0.3) is 5.91 Å². The molecule has 0 spiro atoms. The maximum Gasteiger partial charge on any atom is 0.490 e. The third kappa shape index (κ3) is 7.84. The molecule has 0 unspecified atom stereocenters. The summed E-state index contributed by atoms with van der Waals surface area (Å²) in [6.07, 6.45) is 0.514. The van der Waals surface area contributed by atoms with E-state index in [0.29, 0.717) is 47.8 Å². The first-order valence-corrected chi connectivity index (χ1v) is 14.6. The molecule has 4 heterocycles. The van der Waals surface area contributed by atoms with Crippen molar-refractivity contribution in [2.45, 2.75) is 37.1 Å². The van der Waals surface area contributed by atoms with Crippen molar-refractivity contribution >= 4 is 47.1 Å². The van der Waals surface area contributed by atoms with Gasteiger partial charge in [-0.3, -0.25) is 19.3 Å². The Kier molecular flexibility index (Phi) is 10.4. The Labute approximate surface area is 264 Å². The number of nitrogens with two attached hydrogens (primary N) is 1. The van der Waals surface area contributed by atoms with E-state index >= 15 is 0 Å². The van der Waals surface area contributed by atoms with Gasteiger partial charge in [0.15, 0.2) is 12.4 Å². The van der Waals surface area contributed by atoms with Crippen molar-refractivity contribution in [3.63, 3.8) is 0 Å². The summed E-state index contributed by atoms with van der Waals surface area (Å²) in [7, 11) is 1.58. The van der Waals surface area contributed by atoms with Crippen molar-refractivity contribution in [3.8, 4) is 5.75 Å². The standard InChI is InChI=1S/C27H27N5O6S.C2HF3O2/c1-38-20-4-2-19(3-5-20)29-21(33)14-30-9-6-16(7-10-30)13-31-11-8-17(24(31)34)12-18-15-39-26-22(28)25(35)32(26)23(18)27(36)37;3-2(4,5)1(6)7/h2-7,9-10,12,22,26H,8,11,13-15,28H2,1H3,(H-,29,33,36,37);(H,6,7)/t22-,26-;/m1./s1. The van der Waals surface area contributed by atoms with Crippen LogP contribution < -0.4 is 25.5 Å². The van der Waals surface area contributed by atoms with E-state index in [1.165, 1.54) is 11.8 Å². The fourth-order valence-corrected chi connectivity index (χ4v) is 6.01. The Morgan fingerprint density at radius 2 is 1.80 bits per heavy atom. The number of halogens is 3. The number of amides is 3. The number of fused-ring (bicyclic) bond motifs is 1. The molecule has 5 rings (SSSR count). The van der Waals surface area contributed by atoms with Gasteiger partial charge in [-0.2, -0.15) is 17.7 Å². The monoisotopic (exact) mass is 663 g/mol. The Balaban J connectivity index is 0.000000617. The quantitative estimate of drug-likeness (QED) is 0.200. The Hall–Kier alpha value is -4.90. The lowest BCUT2D eigenvalue weighted by molar-refractivity contribution is -0.684. The number of carboxylic acids is 2. The van der Waals surface area contributed by atoms with Crippen LogP contribution >= 0.6 is 11.8 Å². The number of alkyl halides is 3. The number of nitrogens with zero attached hydrogens (tertiary/aromatic N) is 3. The lowest BCUT2D eigenvalue weighted by Crippen LogP contribution is -2.69. The SMILES string of the molecule is COc1ccc(NC(=O)C[n+]2ccc(CN3CCC(=CC4=C(C(=O)[O-])N5C(=O)[C@@H](N)[C@H]5SC4)C3=O)cc2)cc1.O=C(O)C(F)(F)F. The van der Waals surface area contributed by atoms with Gasteiger partial charge in [0, 0.05) is 42.2 Å². The van der Waals surface area contributed by atoms with E-state index in [9.17, 15) is 37.5 Å². The van der Waals surface area contributed by atoms with E-state index in [1.54, 1.807) is 59.3 Å². The van der Waals surface area contributed by atoms with Gasteiger partial charge in [-0.15, -0.1) is 11.8 Å². The predicted molar refractivity (Wildman–Crippen MR) is 153 cm³/mol. The number of anilines is 1. The molecule has 3 aliphatic heterocycles. The Morgan fingerprint density at radius 3 is 2.37 bits per heavy atom. The maximum atomic E-state index is 13.1. The third-order valence-electron chi connectivity index (χ3n) is 7.07. The summed E-state index contributed by atoms with van der Waals surface area (Å²) in [5, 5.41) is 21.3. The van der Waals surface area contributed by atoms with Crippen molar-refractivity contribution in [1.29, 1.82) is 0 Å². The lowest BCUT2D eigenvalue weighted by Gasteiger charge is -2.49. The van der Waals surface area contributed by atoms with Crippen LogP contribution in [0.3, 0.4) is 0 Å². The highest BCUT2D eigenvalue weighted by molar-refractivity contribution is 8.00. The minimum absolute atomic E-state index is 0.126. The number of carboxylic acid groups (broad SMARTS) is 2. The van der Waals surface area contributed by atoms with Crippen LogP contribution in [0.5, 0.6) is 5.75 Å². The first-order chi connectivity index (χ1) is 21.7. The second kappa shape index (κ2) is 14.0. The van der Waals surface area contributed by atoms with Gasteiger partial charge in [-0.05, 0) is 47.9 Å². The van der Waals surface area contributed by atoms with Crippen molar-refractivity contribution in [2.24, 2.45) is 5.73 Å². The van der Waals surface area contributed by atoms with Crippen LogP contribution in [0.2, 0.25) is 0 Å². The molecule has 2 fully saturated rings. The molecule has 244 valence electrons. The van der Waals surface area contributed by atoms with Crippen molar-refractivity contribution in [1.82, 2.24) is 9.80 Å². The number of carbonyl (C=O) groups excluding carboxylic acids is 4. The molecule has 3 amide bonds. The van der Waals surface area contributed by atoms with Gasteiger partial charge in [-0.1, -0.05) is 0 Å². The van der Waals surface area contributed by atoms with Crippen molar-refractivity contribution < 1.29 is 56.7 Å². The zero-order valence-electron chi connectivity index (χ0n) is 24.2. The molecule has 2 atom stereocenters. The lowest BCUT2D eigenvalue weighted by atomic mass is 10.0. The highest BCUT2D eigenvalue weighted by Crippen LogP contribution is 2.40. The Bertz CT molecular complexity index is 1600. The average molecular weight is 664 g/mol. The highest BCUT2D eigenvalue weighted by Gasteiger charge is 2.50. The zero-order chi connectivity index (χ0) is 33.8. The number of pyridine rings is 1. The van der Waals surface area contributed by atoms with Crippen LogP contribution in [-0.4, -0.2) is 81.6 Å². The highest BCUT2D eigenvalue weighted by atomic mass is 32.2. The normalized spacial score (nSPS) is 20.1. The predicted octanol–water partition coefficient (Wildman–Crippen LogP) is 0.160. The number of hydrogen-bond donors (Lipinski definition) is 3. The summed E-state index contributed by atoms with van der Waals surface area (Å²) >= 11 is 1.38. The van der Waals surface area contributed by atoms with Crippen LogP contribution in [-0.2, 0) is 37.1 Å². The Morgan fingerprint density at radius 1 is 1.17 bits per heavy atom.